The first-order chi connectivity index (χ1) is 16.6. The fourth-order valence-electron chi connectivity index (χ4n) is 4.13. The van der Waals surface area contributed by atoms with Gasteiger partial charge in [0.15, 0.2) is 0 Å². The van der Waals surface area contributed by atoms with Crippen molar-refractivity contribution < 1.29 is 13.2 Å². The third-order valence-electron chi connectivity index (χ3n) is 5.90. The summed E-state index contributed by atoms with van der Waals surface area (Å²) in [4.78, 5) is 16.2. The number of nitrogens with zero attached hydrogens (tertiary/aromatic N) is 2. The molecule has 4 aromatic rings. The lowest BCUT2D eigenvalue weighted by molar-refractivity contribution is -0.136. The van der Waals surface area contributed by atoms with Gasteiger partial charge in [0.2, 0.25) is 0 Å². The number of hydrogen-bond acceptors (Lipinski definition) is 2. The standard InChI is InChI=1S/C28H22F3N3O/c1-17-10-11-22(18(2)12-17)16-34-25(15-24(28(29,30)31)26(33-3)27(34)35)21-8-4-6-19(13-21)20-7-5-9-23(32)14-20/h4-15H,16,32H2,1-2H3. The molecule has 0 aliphatic heterocycles. The number of anilines is 1. The van der Waals surface area contributed by atoms with Gasteiger partial charge in [-0.2, -0.15) is 13.2 Å². The number of benzene rings is 3. The van der Waals surface area contributed by atoms with Crippen LogP contribution in [0.1, 0.15) is 22.3 Å². The average Bonchev–Trinajstić information content (AvgIpc) is 2.81. The molecule has 176 valence electrons. The molecule has 4 rings (SSSR count). The maximum absolute atomic E-state index is 13.9. The summed E-state index contributed by atoms with van der Waals surface area (Å²) in [6, 6.07) is 20.6. The van der Waals surface area contributed by atoms with Crippen LogP contribution in [0.4, 0.5) is 24.5 Å². The van der Waals surface area contributed by atoms with Crippen molar-refractivity contribution in [1.82, 2.24) is 4.57 Å². The molecule has 35 heavy (non-hydrogen) atoms. The number of aromatic nitrogens is 1. The molecule has 0 bridgehead atoms. The maximum Gasteiger partial charge on any atom is 0.407 e. The van der Waals surface area contributed by atoms with Gasteiger partial charge in [-0.05, 0) is 65.9 Å². The van der Waals surface area contributed by atoms with Crippen LogP contribution in [-0.2, 0) is 12.7 Å². The molecule has 1 heterocycles. The zero-order valence-electron chi connectivity index (χ0n) is 19.1. The molecule has 0 spiro atoms. The van der Waals surface area contributed by atoms with E-state index in [4.69, 9.17) is 12.3 Å². The van der Waals surface area contributed by atoms with E-state index < -0.39 is 23.0 Å². The van der Waals surface area contributed by atoms with Gasteiger partial charge in [-0.25, -0.2) is 4.85 Å². The van der Waals surface area contributed by atoms with Gasteiger partial charge in [-0.1, -0.05) is 54.1 Å². The van der Waals surface area contributed by atoms with Crippen molar-refractivity contribution in [3.8, 4) is 22.4 Å². The van der Waals surface area contributed by atoms with Crippen LogP contribution in [0, 0.1) is 20.4 Å². The summed E-state index contributed by atoms with van der Waals surface area (Å²) in [6.45, 7) is 11.1. The summed E-state index contributed by atoms with van der Waals surface area (Å²) >= 11 is 0. The predicted octanol–water partition coefficient (Wildman–Crippen LogP) is 7.00. The SMILES string of the molecule is [C-]#[N+]c1c(C(F)(F)F)cc(-c2cccc(-c3cccc(N)c3)c2)n(Cc2ccc(C)cc2C)c1=O. The Hall–Kier alpha value is -4.31. The van der Waals surface area contributed by atoms with Crippen LogP contribution >= 0.6 is 0 Å². The summed E-state index contributed by atoms with van der Waals surface area (Å²) in [5.41, 5.74) is 8.07. The van der Waals surface area contributed by atoms with Gasteiger partial charge < -0.3 is 10.3 Å². The molecule has 1 aromatic heterocycles. The zero-order chi connectivity index (χ0) is 25.3. The highest BCUT2D eigenvalue weighted by atomic mass is 19.4. The van der Waals surface area contributed by atoms with E-state index in [1.165, 1.54) is 4.57 Å². The van der Waals surface area contributed by atoms with E-state index in [1.807, 2.05) is 44.2 Å². The van der Waals surface area contributed by atoms with Crippen LogP contribution in [0.5, 0.6) is 0 Å². The largest absolute Gasteiger partial charge is 0.407 e. The topological polar surface area (TPSA) is 52.4 Å². The molecule has 2 N–H and O–H groups in total. The number of nitrogens with two attached hydrogens (primary N) is 1. The van der Waals surface area contributed by atoms with Crippen LogP contribution in [0.25, 0.3) is 27.2 Å². The van der Waals surface area contributed by atoms with Crippen LogP contribution in [0.15, 0.2) is 77.6 Å². The van der Waals surface area contributed by atoms with Crippen molar-refractivity contribution in [3.63, 3.8) is 0 Å². The lowest BCUT2D eigenvalue weighted by atomic mass is 9.99. The van der Waals surface area contributed by atoms with Crippen molar-refractivity contribution in [3.05, 3.63) is 117 Å². The first kappa shape index (κ1) is 23.8. The molecular weight excluding hydrogens is 451 g/mol. The number of hydrogen-bond donors (Lipinski definition) is 1. The van der Waals surface area contributed by atoms with Crippen molar-refractivity contribution in [2.45, 2.75) is 26.6 Å². The molecule has 0 atom stereocenters. The Morgan fingerprint density at radius 3 is 2.20 bits per heavy atom. The minimum atomic E-state index is -4.85. The predicted molar refractivity (Wildman–Crippen MR) is 132 cm³/mol. The Morgan fingerprint density at radius 1 is 0.914 bits per heavy atom. The highest BCUT2D eigenvalue weighted by molar-refractivity contribution is 5.74. The highest BCUT2D eigenvalue weighted by Gasteiger charge is 2.36. The number of alkyl halides is 3. The van der Waals surface area contributed by atoms with E-state index in [2.05, 4.69) is 4.85 Å². The van der Waals surface area contributed by atoms with Crippen LogP contribution in [-0.4, -0.2) is 4.57 Å². The molecule has 0 aliphatic carbocycles. The number of nitrogen functional groups attached to an aromatic ring is 1. The van der Waals surface area contributed by atoms with Gasteiger partial charge in [0.25, 0.3) is 11.2 Å². The normalized spacial score (nSPS) is 11.3. The van der Waals surface area contributed by atoms with Gasteiger partial charge in [0, 0.05) is 11.4 Å². The lowest BCUT2D eigenvalue weighted by Gasteiger charge is -2.19. The monoisotopic (exact) mass is 473 g/mol. The summed E-state index contributed by atoms with van der Waals surface area (Å²) < 4.78 is 42.8. The Kier molecular flexibility index (Phi) is 6.23. The Morgan fingerprint density at radius 2 is 1.57 bits per heavy atom. The second kappa shape index (κ2) is 9.15. The number of pyridine rings is 1. The molecule has 0 amide bonds. The molecule has 0 radical (unpaired) electrons. The number of halogens is 3. The quantitative estimate of drug-likeness (QED) is 0.256. The highest BCUT2D eigenvalue weighted by Crippen LogP contribution is 2.38. The third kappa shape index (κ3) is 4.82. The Balaban J connectivity index is 1.98. The van der Waals surface area contributed by atoms with E-state index in [-0.39, 0.29) is 12.2 Å². The summed E-state index contributed by atoms with van der Waals surface area (Å²) in [5.74, 6) is 0. The summed E-state index contributed by atoms with van der Waals surface area (Å²) in [5, 5.41) is 0. The van der Waals surface area contributed by atoms with Crippen LogP contribution in [0.3, 0.4) is 0 Å². The summed E-state index contributed by atoms with van der Waals surface area (Å²) in [7, 11) is 0. The van der Waals surface area contributed by atoms with Gasteiger partial charge >= 0.3 is 6.18 Å². The molecule has 0 saturated carbocycles. The van der Waals surface area contributed by atoms with Gasteiger partial charge in [0.1, 0.15) is 0 Å². The Labute approximate surface area is 200 Å². The van der Waals surface area contributed by atoms with Crippen LogP contribution in [0.2, 0.25) is 0 Å². The minimum absolute atomic E-state index is 0.0312. The average molecular weight is 473 g/mol. The van der Waals surface area contributed by atoms with E-state index >= 15 is 0 Å². The van der Waals surface area contributed by atoms with Gasteiger partial charge in [-0.3, -0.25) is 4.79 Å². The zero-order valence-corrected chi connectivity index (χ0v) is 19.1. The van der Waals surface area contributed by atoms with E-state index in [0.717, 1.165) is 33.9 Å². The van der Waals surface area contributed by atoms with Crippen molar-refractivity contribution in [2.24, 2.45) is 0 Å². The van der Waals surface area contributed by atoms with Crippen LogP contribution < -0.4 is 11.3 Å². The second-order valence-corrected chi connectivity index (χ2v) is 8.43. The number of aryl methyl sites for hydroxylation is 2. The minimum Gasteiger partial charge on any atom is -0.399 e. The first-order valence-corrected chi connectivity index (χ1v) is 10.8. The maximum atomic E-state index is 13.9. The van der Waals surface area contributed by atoms with E-state index in [1.54, 1.807) is 36.4 Å². The van der Waals surface area contributed by atoms with E-state index in [0.29, 0.717) is 11.3 Å². The third-order valence-corrected chi connectivity index (χ3v) is 5.90. The Bertz CT molecular complexity index is 1530. The lowest BCUT2D eigenvalue weighted by Crippen LogP contribution is -2.25. The molecular formula is C28H22F3N3O. The molecule has 4 nitrogen and oxygen atoms in total. The second-order valence-electron chi connectivity index (χ2n) is 8.43. The van der Waals surface area contributed by atoms with Crippen molar-refractivity contribution >= 4 is 11.4 Å². The molecule has 0 fully saturated rings. The van der Waals surface area contributed by atoms with Gasteiger partial charge in [-0.15, -0.1) is 0 Å². The van der Waals surface area contributed by atoms with Crippen molar-refractivity contribution in [1.29, 1.82) is 0 Å². The van der Waals surface area contributed by atoms with Crippen molar-refractivity contribution in [2.75, 3.05) is 5.73 Å². The fourth-order valence-corrected chi connectivity index (χ4v) is 4.13. The number of rotatable bonds is 4. The molecule has 7 heteroatoms. The smallest absolute Gasteiger partial charge is 0.399 e. The molecule has 0 aliphatic rings. The first-order valence-electron chi connectivity index (χ1n) is 10.8. The molecule has 0 saturated heterocycles. The fraction of sp³-hybridized carbons (Fsp3) is 0.143. The van der Waals surface area contributed by atoms with Gasteiger partial charge in [0.05, 0.1) is 18.7 Å². The molecule has 3 aromatic carbocycles. The summed E-state index contributed by atoms with van der Waals surface area (Å²) in [6.07, 6.45) is -4.85. The van der Waals surface area contributed by atoms with E-state index in [9.17, 15) is 18.0 Å². The molecule has 0 unspecified atom stereocenters.